The fourth-order valence-electron chi connectivity index (χ4n) is 3.88. The minimum atomic E-state index is 0.162. The monoisotopic (exact) mass is 298 g/mol. The van der Waals surface area contributed by atoms with E-state index in [4.69, 9.17) is 4.42 Å². The van der Waals surface area contributed by atoms with E-state index in [-0.39, 0.29) is 5.91 Å². The van der Waals surface area contributed by atoms with Crippen molar-refractivity contribution in [3.63, 3.8) is 0 Å². The predicted molar refractivity (Wildman–Crippen MR) is 86.1 cm³/mol. The highest BCUT2D eigenvalue weighted by Gasteiger charge is 2.30. The highest BCUT2D eigenvalue weighted by molar-refractivity contribution is 5.97. The van der Waals surface area contributed by atoms with E-state index >= 15 is 0 Å². The number of aryl methyl sites for hydroxylation is 1. The standard InChI is InChI=1S/C18H22N2O2/c1-13-10-15-11-14(5-6-17(15)22-13)18(21)20-9-3-8-19-7-2-4-16(19)12-20/h5-6,10-11,16H,2-4,7-9,12H2,1H3. The van der Waals surface area contributed by atoms with Crippen molar-refractivity contribution >= 4 is 16.9 Å². The molecular formula is C18H22N2O2. The molecule has 1 atom stereocenters. The Morgan fingerprint density at radius 1 is 1.18 bits per heavy atom. The van der Waals surface area contributed by atoms with Gasteiger partial charge in [-0.15, -0.1) is 0 Å². The summed E-state index contributed by atoms with van der Waals surface area (Å²) in [6.45, 7) is 6.02. The van der Waals surface area contributed by atoms with Crippen LogP contribution in [-0.4, -0.2) is 47.9 Å². The van der Waals surface area contributed by atoms with Crippen molar-refractivity contribution in [3.05, 3.63) is 35.6 Å². The molecule has 0 saturated carbocycles. The first-order valence-electron chi connectivity index (χ1n) is 8.24. The Balaban J connectivity index is 1.58. The van der Waals surface area contributed by atoms with Gasteiger partial charge in [-0.1, -0.05) is 0 Å². The molecule has 1 aromatic carbocycles. The lowest BCUT2D eigenvalue weighted by Gasteiger charge is -2.25. The summed E-state index contributed by atoms with van der Waals surface area (Å²) < 4.78 is 5.59. The maximum Gasteiger partial charge on any atom is 0.253 e. The molecule has 4 heteroatoms. The second kappa shape index (κ2) is 5.43. The fourth-order valence-corrected chi connectivity index (χ4v) is 3.88. The second-order valence-electron chi connectivity index (χ2n) is 6.55. The number of benzene rings is 1. The van der Waals surface area contributed by atoms with Crippen LogP contribution in [0.5, 0.6) is 0 Å². The average molecular weight is 298 g/mol. The Morgan fingerprint density at radius 2 is 2.05 bits per heavy atom. The van der Waals surface area contributed by atoms with Crippen LogP contribution in [0.2, 0.25) is 0 Å². The van der Waals surface area contributed by atoms with Gasteiger partial charge < -0.3 is 9.32 Å². The third-order valence-corrected chi connectivity index (χ3v) is 4.98. The van der Waals surface area contributed by atoms with Crippen LogP contribution in [0.15, 0.2) is 28.7 Å². The van der Waals surface area contributed by atoms with Gasteiger partial charge in [0.2, 0.25) is 0 Å². The zero-order valence-electron chi connectivity index (χ0n) is 13.0. The minimum Gasteiger partial charge on any atom is -0.461 e. The number of hydrogen-bond donors (Lipinski definition) is 0. The second-order valence-corrected chi connectivity index (χ2v) is 6.55. The van der Waals surface area contributed by atoms with Gasteiger partial charge in [-0.3, -0.25) is 9.69 Å². The molecule has 22 heavy (non-hydrogen) atoms. The first-order chi connectivity index (χ1) is 10.7. The Bertz CT molecular complexity index is 706. The van der Waals surface area contributed by atoms with Gasteiger partial charge in [0.1, 0.15) is 11.3 Å². The quantitative estimate of drug-likeness (QED) is 0.812. The van der Waals surface area contributed by atoms with Crippen molar-refractivity contribution in [2.45, 2.75) is 32.2 Å². The Morgan fingerprint density at radius 3 is 2.95 bits per heavy atom. The van der Waals surface area contributed by atoms with Crippen LogP contribution in [0.25, 0.3) is 11.0 Å². The zero-order valence-corrected chi connectivity index (χ0v) is 13.0. The highest BCUT2D eigenvalue weighted by Crippen LogP contribution is 2.24. The van der Waals surface area contributed by atoms with Crippen LogP contribution in [0.3, 0.4) is 0 Å². The first-order valence-corrected chi connectivity index (χ1v) is 8.24. The zero-order chi connectivity index (χ0) is 15.1. The summed E-state index contributed by atoms with van der Waals surface area (Å²) in [6.07, 6.45) is 3.58. The molecule has 0 N–H and O–H groups in total. The summed E-state index contributed by atoms with van der Waals surface area (Å²) in [5.41, 5.74) is 1.63. The largest absolute Gasteiger partial charge is 0.461 e. The molecule has 116 valence electrons. The Hall–Kier alpha value is -1.81. The van der Waals surface area contributed by atoms with Crippen LogP contribution in [-0.2, 0) is 0 Å². The lowest BCUT2D eigenvalue weighted by atomic mass is 10.1. The molecule has 0 spiro atoms. The number of carbonyl (C=O) groups is 1. The smallest absolute Gasteiger partial charge is 0.253 e. The van der Waals surface area contributed by atoms with Crippen molar-refractivity contribution in [3.8, 4) is 0 Å². The molecule has 1 unspecified atom stereocenters. The van der Waals surface area contributed by atoms with Crippen LogP contribution in [0.4, 0.5) is 0 Å². The Labute approximate surface area is 130 Å². The predicted octanol–water partition coefficient (Wildman–Crippen LogP) is 3.05. The van der Waals surface area contributed by atoms with Crippen molar-refractivity contribution in [2.75, 3.05) is 26.2 Å². The van der Waals surface area contributed by atoms with Gasteiger partial charge in [0, 0.05) is 36.6 Å². The van der Waals surface area contributed by atoms with E-state index < -0.39 is 0 Å². The average Bonchev–Trinajstić information content (AvgIpc) is 3.05. The SMILES string of the molecule is Cc1cc2cc(C(=O)N3CCCN4CCCC4C3)ccc2o1. The van der Waals surface area contributed by atoms with E-state index in [1.165, 1.54) is 19.4 Å². The molecule has 2 fully saturated rings. The van der Waals surface area contributed by atoms with Gasteiger partial charge in [-0.2, -0.15) is 0 Å². The normalized spacial score (nSPS) is 22.8. The number of amides is 1. The van der Waals surface area contributed by atoms with Crippen LogP contribution >= 0.6 is 0 Å². The molecular weight excluding hydrogens is 276 g/mol. The van der Waals surface area contributed by atoms with Crippen LogP contribution < -0.4 is 0 Å². The molecule has 1 amide bonds. The number of rotatable bonds is 1. The number of hydrogen-bond acceptors (Lipinski definition) is 3. The molecule has 2 aliphatic rings. The third-order valence-electron chi connectivity index (χ3n) is 4.98. The van der Waals surface area contributed by atoms with Crippen molar-refractivity contribution in [1.82, 2.24) is 9.80 Å². The van der Waals surface area contributed by atoms with Gasteiger partial charge in [0.15, 0.2) is 0 Å². The maximum absolute atomic E-state index is 12.9. The topological polar surface area (TPSA) is 36.7 Å². The van der Waals surface area contributed by atoms with Gasteiger partial charge in [-0.05, 0) is 57.0 Å². The summed E-state index contributed by atoms with van der Waals surface area (Å²) >= 11 is 0. The summed E-state index contributed by atoms with van der Waals surface area (Å²) in [7, 11) is 0. The van der Waals surface area contributed by atoms with Crippen LogP contribution in [0.1, 0.15) is 35.4 Å². The van der Waals surface area contributed by atoms with E-state index in [2.05, 4.69) is 4.90 Å². The molecule has 3 heterocycles. The highest BCUT2D eigenvalue weighted by atomic mass is 16.3. The first kappa shape index (κ1) is 13.8. The van der Waals surface area contributed by atoms with Crippen molar-refractivity contribution < 1.29 is 9.21 Å². The molecule has 4 nitrogen and oxygen atoms in total. The van der Waals surface area contributed by atoms with E-state index in [9.17, 15) is 4.79 Å². The molecule has 0 aliphatic carbocycles. The molecule has 4 rings (SSSR count). The number of nitrogens with zero attached hydrogens (tertiary/aromatic N) is 2. The van der Waals surface area contributed by atoms with E-state index in [0.717, 1.165) is 48.3 Å². The molecule has 2 aliphatic heterocycles. The van der Waals surface area contributed by atoms with E-state index in [1.54, 1.807) is 0 Å². The molecule has 2 saturated heterocycles. The Kier molecular flexibility index (Phi) is 3.41. The number of fused-ring (bicyclic) bond motifs is 2. The van der Waals surface area contributed by atoms with Crippen molar-refractivity contribution in [2.24, 2.45) is 0 Å². The molecule has 0 radical (unpaired) electrons. The molecule has 1 aromatic heterocycles. The summed E-state index contributed by atoms with van der Waals surface area (Å²) in [4.78, 5) is 17.5. The minimum absolute atomic E-state index is 0.162. The van der Waals surface area contributed by atoms with Gasteiger partial charge in [0.05, 0.1) is 0 Å². The van der Waals surface area contributed by atoms with E-state index in [0.29, 0.717) is 6.04 Å². The summed E-state index contributed by atoms with van der Waals surface area (Å²) in [6, 6.07) is 8.32. The van der Waals surface area contributed by atoms with Gasteiger partial charge in [0.25, 0.3) is 5.91 Å². The lowest BCUT2D eigenvalue weighted by Crippen LogP contribution is -2.39. The molecule has 2 aromatic rings. The fraction of sp³-hybridized carbons (Fsp3) is 0.500. The third kappa shape index (κ3) is 2.41. The summed E-state index contributed by atoms with van der Waals surface area (Å²) in [5, 5.41) is 1.01. The number of furan rings is 1. The lowest BCUT2D eigenvalue weighted by molar-refractivity contribution is 0.0743. The molecule has 0 bridgehead atoms. The number of carbonyl (C=O) groups excluding carboxylic acids is 1. The van der Waals surface area contributed by atoms with Crippen LogP contribution in [0, 0.1) is 6.92 Å². The van der Waals surface area contributed by atoms with Gasteiger partial charge >= 0.3 is 0 Å². The van der Waals surface area contributed by atoms with Crippen molar-refractivity contribution in [1.29, 1.82) is 0 Å². The maximum atomic E-state index is 12.9. The van der Waals surface area contributed by atoms with E-state index in [1.807, 2.05) is 36.1 Å². The summed E-state index contributed by atoms with van der Waals surface area (Å²) in [5.74, 6) is 1.05. The van der Waals surface area contributed by atoms with Gasteiger partial charge in [-0.25, -0.2) is 0 Å².